The van der Waals surface area contributed by atoms with Gasteiger partial charge < -0.3 is 14.8 Å². The molecule has 2 heterocycles. The van der Waals surface area contributed by atoms with Crippen molar-refractivity contribution in [2.45, 2.75) is 39.2 Å². The third-order valence-electron chi connectivity index (χ3n) is 7.15. The lowest BCUT2D eigenvalue weighted by Gasteiger charge is -2.37. The van der Waals surface area contributed by atoms with Crippen molar-refractivity contribution in [2.75, 3.05) is 17.0 Å². The molecule has 1 unspecified atom stereocenters. The first-order valence-corrected chi connectivity index (χ1v) is 13.2. The fourth-order valence-corrected chi connectivity index (χ4v) is 6.09. The van der Waals surface area contributed by atoms with E-state index in [1.54, 1.807) is 4.90 Å². The highest BCUT2D eigenvalue weighted by Crippen LogP contribution is 2.51. The lowest BCUT2D eigenvalue weighted by molar-refractivity contribution is -0.119. The number of Topliss-reactive ketones (excluding diaryl/α,β-unsaturated/α-hetero) is 1. The SMILES string of the molecule is CC1(C)CC(=O)C2=C(C1)Nc1ccccc1N(C(=O)Cc1ccccc1)C2c1cc2c(cc1Br)OCO2. The third-order valence-corrected chi connectivity index (χ3v) is 7.84. The Morgan fingerprint density at radius 1 is 1.03 bits per heavy atom. The predicted octanol–water partition coefficient (Wildman–Crippen LogP) is 6.56. The van der Waals surface area contributed by atoms with Crippen LogP contribution in [0.3, 0.4) is 0 Å². The molecule has 0 spiro atoms. The highest BCUT2D eigenvalue weighted by Gasteiger charge is 2.44. The normalized spacial score (nSPS) is 19.6. The van der Waals surface area contributed by atoms with Crippen molar-refractivity contribution in [1.29, 1.82) is 0 Å². The Labute approximate surface area is 224 Å². The Morgan fingerprint density at radius 3 is 2.51 bits per heavy atom. The van der Waals surface area contributed by atoms with Gasteiger partial charge in [-0.2, -0.15) is 0 Å². The molecule has 6 rings (SSSR count). The number of ether oxygens (including phenoxy) is 2. The fourth-order valence-electron chi connectivity index (χ4n) is 5.55. The molecule has 6 nitrogen and oxygen atoms in total. The molecule has 0 bridgehead atoms. The molecular weight excluding hydrogens is 532 g/mol. The minimum Gasteiger partial charge on any atom is -0.454 e. The maximum atomic E-state index is 14.2. The lowest BCUT2D eigenvalue weighted by Crippen LogP contribution is -2.40. The molecule has 0 saturated carbocycles. The molecule has 0 aromatic heterocycles. The molecule has 3 aromatic carbocycles. The van der Waals surface area contributed by atoms with Crippen LogP contribution < -0.4 is 19.7 Å². The quantitative estimate of drug-likeness (QED) is 0.394. The molecule has 7 heteroatoms. The lowest BCUT2D eigenvalue weighted by atomic mass is 9.73. The molecule has 3 aliphatic rings. The van der Waals surface area contributed by atoms with E-state index >= 15 is 0 Å². The highest BCUT2D eigenvalue weighted by atomic mass is 79.9. The molecule has 3 aromatic rings. The second-order valence-corrected chi connectivity index (χ2v) is 11.4. The molecule has 1 N–H and O–H groups in total. The van der Waals surface area contributed by atoms with Crippen LogP contribution in [0.2, 0.25) is 0 Å². The van der Waals surface area contributed by atoms with Crippen LogP contribution in [0.5, 0.6) is 11.5 Å². The number of rotatable bonds is 3. The standard InChI is InChI=1S/C30H27BrN2O4/c1-30(2)15-22-28(24(34)16-30)29(19-13-25-26(14-20(19)31)37-17-36-25)33(23-11-7-6-10-21(23)32-22)27(35)12-18-8-4-3-5-9-18/h3-11,13-14,29,32H,12,15-17H2,1-2H3. The van der Waals surface area contributed by atoms with Crippen LogP contribution in [-0.4, -0.2) is 18.5 Å². The van der Waals surface area contributed by atoms with Gasteiger partial charge in [0.25, 0.3) is 0 Å². The Morgan fingerprint density at radius 2 is 1.73 bits per heavy atom. The third kappa shape index (κ3) is 4.31. The molecular formula is C30H27BrN2O4. The first-order chi connectivity index (χ1) is 17.8. The van der Waals surface area contributed by atoms with Crippen LogP contribution in [0.15, 0.2) is 82.5 Å². The number of carbonyl (C=O) groups is 2. The number of anilines is 2. The topological polar surface area (TPSA) is 67.9 Å². The average Bonchev–Trinajstić information content (AvgIpc) is 3.24. The van der Waals surface area contributed by atoms with Crippen molar-refractivity contribution in [3.8, 4) is 11.5 Å². The van der Waals surface area contributed by atoms with Gasteiger partial charge >= 0.3 is 0 Å². The number of hydrogen-bond donors (Lipinski definition) is 1. The number of ketones is 1. The van der Waals surface area contributed by atoms with E-state index in [2.05, 4.69) is 35.1 Å². The minimum absolute atomic E-state index is 0.0404. The predicted molar refractivity (Wildman–Crippen MR) is 146 cm³/mol. The van der Waals surface area contributed by atoms with Crippen molar-refractivity contribution in [3.63, 3.8) is 0 Å². The highest BCUT2D eigenvalue weighted by molar-refractivity contribution is 9.10. The van der Waals surface area contributed by atoms with E-state index in [1.165, 1.54) is 0 Å². The average molecular weight is 559 g/mol. The number of para-hydroxylation sites is 2. The summed E-state index contributed by atoms with van der Waals surface area (Å²) in [6.45, 7) is 4.35. The number of carbonyl (C=O) groups excluding carboxylic acids is 2. The van der Waals surface area contributed by atoms with Gasteiger partial charge in [0.2, 0.25) is 12.7 Å². The number of benzene rings is 3. The van der Waals surface area contributed by atoms with Gasteiger partial charge in [0.05, 0.1) is 23.8 Å². The first-order valence-electron chi connectivity index (χ1n) is 12.4. The number of amides is 1. The molecule has 0 saturated heterocycles. The van der Waals surface area contributed by atoms with Crippen LogP contribution >= 0.6 is 15.9 Å². The molecule has 0 radical (unpaired) electrons. The Balaban J connectivity index is 1.59. The Kier molecular flexibility index (Phi) is 5.83. The van der Waals surface area contributed by atoms with Crippen molar-refractivity contribution < 1.29 is 19.1 Å². The van der Waals surface area contributed by atoms with Gasteiger partial charge in [-0.15, -0.1) is 0 Å². The second-order valence-electron chi connectivity index (χ2n) is 10.5. The smallest absolute Gasteiger partial charge is 0.232 e. The van der Waals surface area contributed by atoms with Gasteiger partial charge in [-0.05, 0) is 47.2 Å². The summed E-state index contributed by atoms with van der Waals surface area (Å²) in [4.78, 5) is 29.9. The Bertz CT molecular complexity index is 1450. The van der Waals surface area contributed by atoms with Crippen LogP contribution in [-0.2, 0) is 16.0 Å². The largest absolute Gasteiger partial charge is 0.454 e. The van der Waals surface area contributed by atoms with Crippen molar-refractivity contribution >= 4 is 39.0 Å². The minimum atomic E-state index is -0.644. The van der Waals surface area contributed by atoms with Gasteiger partial charge in [-0.3, -0.25) is 14.5 Å². The van der Waals surface area contributed by atoms with Crippen LogP contribution in [0.1, 0.15) is 43.9 Å². The molecule has 1 atom stereocenters. The summed E-state index contributed by atoms with van der Waals surface area (Å²) in [5.74, 6) is 1.18. The molecule has 1 amide bonds. The van der Waals surface area contributed by atoms with E-state index in [0.717, 1.165) is 32.7 Å². The summed E-state index contributed by atoms with van der Waals surface area (Å²) in [7, 11) is 0. The van der Waals surface area contributed by atoms with Gasteiger partial charge in [0.1, 0.15) is 0 Å². The number of halogens is 1. The van der Waals surface area contributed by atoms with E-state index in [-0.39, 0.29) is 30.3 Å². The van der Waals surface area contributed by atoms with E-state index in [9.17, 15) is 9.59 Å². The number of nitrogens with one attached hydrogen (secondary N) is 1. The van der Waals surface area contributed by atoms with Crippen molar-refractivity contribution in [1.82, 2.24) is 0 Å². The van der Waals surface area contributed by atoms with E-state index in [0.29, 0.717) is 29.9 Å². The molecule has 37 heavy (non-hydrogen) atoms. The van der Waals surface area contributed by atoms with Crippen LogP contribution in [0.4, 0.5) is 11.4 Å². The summed E-state index contributed by atoms with van der Waals surface area (Å²) in [5.41, 5.74) is 4.52. The zero-order valence-corrected chi connectivity index (χ0v) is 22.3. The van der Waals surface area contributed by atoms with Gasteiger partial charge in [0.15, 0.2) is 17.3 Å². The number of allylic oxidation sites excluding steroid dienone is 1. The van der Waals surface area contributed by atoms with Crippen molar-refractivity contribution in [3.05, 3.63) is 93.6 Å². The maximum absolute atomic E-state index is 14.2. The maximum Gasteiger partial charge on any atom is 0.232 e. The number of nitrogens with zero attached hydrogens (tertiary/aromatic N) is 1. The number of fused-ring (bicyclic) bond motifs is 2. The van der Waals surface area contributed by atoms with Crippen molar-refractivity contribution in [2.24, 2.45) is 5.41 Å². The Hall–Kier alpha value is -3.58. The van der Waals surface area contributed by atoms with E-state index in [1.807, 2.05) is 66.7 Å². The summed E-state index contributed by atoms with van der Waals surface area (Å²) < 4.78 is 12.0. The van der Waals surface area contributed by atoms with Crippen LogP contribution in [0.25, 0.3) is 0 Å². The molecule has 2 aliphatic heterocycles. The fraction of sp³-hybridized carbons (Fsp3) is 0.267. The van der Waals surface area contributed by atoms with E-state index < -0.39 is 6.04 Å². The zero-order chi connectivity index (χ0) is 25.7. The summed E-state index contributed by atoms with van der Waals surface area (Å²) in [6.07, 6.45) is 1.31. The van der Waals surface area contributed by atoms with Gasteiger partial charge in [-0.1, -0.05) is 72.2 Å². The molecule has 1 aliphatic carbocycles. The van der Waals surface area contributed by atoms with Crippen LogP contribution in [0, 0.1) is 5.41 Å². The summed E-state index contributed by atoms with van der Waals surface area (Å²) in [6, 6.07) is 20.6. The summed E-state index contributed by atoms with van der Waals surface area (Å²) >= 11 is 3.73. The van der Waals surface area contributed by atoms with E-state index in [4.69, 9.17) is 9.47 Å². The van der Waals surface area contributed by atoms with Gasteiger partial charge in [-0.25, -0.2) is 0 Å². The second kappa shape index (κ2) is 9.06. The molecule has 0 fully saturated rings. The molecule has 188 valence electrons. The summed E-state index contributed by atoms with van der Waals surface area (Å²) in [5, 5.41) is 3.56. The first kappa shape index (κ1) is 23.8. The number of hydrogen-bond acceptors (Lipinski definition) is 5. The van der Waals surface area contributed by atoms with Gasteiger partial charge in [0, 0.05) is 22.2 Å². The zero-order valence-electron chi connectivity index (χ0n) is 20.7. The monoisotopic (exact) mass is 558 g/mol.